The molecule has 5 nitrogen and oxygen atoms in total. The van der Waals surface area contributed by atoms with Gasteiger partial charge in [-0.3, -0.25) is 4.79 Å². The molecule has 3 N–H and O–H groups in total. The van der Waals surface area contributed by atoms with Crippen LogP contribution in [-0.2, 0) is 4.79 Å². The molecule has 112 valence electrons. The largest absolute Gasteiger partial charge is 0.357 e. The summed E-state index contributed by atoms with van der Waals surface area (Å²) in [6, 6.07) is 7.16. The second-order valence-corrected chi connectivity index (χ2v) is 4.40. The van der Waals surface area contributed by atoms with Gasteiger partial charge in [0.2, 0.25) is 5.91 Å². The molecule has 0 saturated carbocycles. The van der Waals surface area contributed by atoms with Crippen molar-refractivity contribution in [3.05, 3.63) is 29.8 Å². The first-order valence-corrected chi connectivity index (χ1v) is 7.08. The van der Waals surface area contributed by atoms with Crippen LogP contribution >= 0.6 is 0 Å². The Labute approximate surface area is 126 Å². The lowest BCUT2D eigenvalue weighted by atomic mass is 10.2. The van der Waals surface area contributed by atoms with Crippen LogP contribution in [-0.4, -0.2) is 31.5 Å². The Bertz CT molecular complexity index is 531. The zero-order valence-electron chi connectivity index (χ0n) is 12.6. The molecule has 0 bridgehead atoms. The number of hydrogen-bond donors (Lipinski definition) is 3. The van der Waals surface area contributed by atoms with Crippen LogP contribution in [0.15, 0.2) is 29.3 Å². The van der Waals surface area contributed by atoms with Crippen LogP contribution in [0, 0.1) is 12.3 Å². The number of terminal acetylenes is 1. The summed E-state index contributed by atoms with van der Waals surface area (Å²) in [4.78, 5) is 16.1. The van der Waals surface area contributed by atoms with E-state index >= 15 is 0 Å². The summed E-state index contributed by atoms with van der Waals surface area (Å²) in [6.07, 6.45) is 6.32. The average molecular weight is 286 g/mol. The molecule has 1 amide bonds. The second kappa shape index (κ2) is 9.43. The van der Waals surface area contributed by atoms with Crippen molar-refractivity contribution in [3.8, 4) is 12.3 Å². The van der Waals surface area contributed by atoms with Crippen molar-refractivity contribution < 1.29 is 4.79 Å². The molecule has 0 unspecified atom stereocenters. The smallest absolute Gasteiger partial charge is 0.246 e. The van der Waals surface area contributed by atoms with E-state index in [1.54, 1.807) is 18.2 Å². The Hall–Kier alpha value is -2.48. The summed E-state index contributed by atoms with van der Waals surface area (Å²) in [5, 5.41) is 9.00. The van der Waals surface area contributed by atoms with Crippen LogP contribution in [0.1, 0.15) is 25.8 Å². The third-order valence-electron chi connectivity index (χ3n) is 2.58. The molecule has 0 aromatic heterocycles. The highest BCUT2D eigenvalue weighted by molar-refractivity contribution is 5.94. The second-order valence-electron chi connectivity index (χ2n) is 4.40. The summed E-state index contributed by atoms with van der Waals surface area (Å²) in [5.74, 6) is 2.99. The molecule has 0 aliphatic carbocycles. The number of anilines is 1. The van der Waals surface area contributed by atoms with E-state index in [9.17, 15) is 4.79 Å². The molecule has 0 atom stereocenters. The average Bonchev–Trinajstić information content (AvgIpc) is 2.50. The first kappa shape index (κ1) is 16.6. The van der Waals surface area contributed by atoms with Crippen molar-refractivity contribution in [2.45, 2.75) is 20.3 Å². The number of carbonyl (C=O) groups is 1. The van der Waals surface area contributed by atoms with Crippen LogP contribution in [0.4, 0.5) is 5.69 Å². The van der Waals surface area contributed by atoms with E-state index in [-0.39, 0.29) is 12.5 Å². The minimum absolute atomic E-state index is 0.0549. The summed E-state index contributed by atoms with van der Waals surface area (Å²) >= 11 is 0. The third kappa shape index (κ3) is 6.48. The van der Waals surface area contributed by atoms with E-state index in [1.807, 2.05) is 13.0 Å². The van der Waals surface area contributed by atoms with Gasteiger partial charge in [-0.2, -0.15) is 0 Å². The maximum Gasteiger partial charge on any atom is 0.246 e. The maximum atomic E-state index is 11.9. The SMILES string of the molecule is C#Cc1cccc(NC(=O)CN=C(NCC)NCCC)c1. The number of aliphatic imine (C=N–C) groups is 1. The van der Waals surface area contributed by atoms with E-state index in [0.717, 1.165) is 25.1 Å². The fraction of sp³-hybridized carbons (Fsp3) is 0.375. The number of benzene rings is 1. The molecule has 0 heterocycles. The number of amides is 1. The number of guanidine groups is 1. The molecule has 0 spiro atoms. The van der Waals surface area contributed by atoms with Gasteiger partial charge in [-0.15, -0.1) is 6.42 Å². The standard InChI is InChI=1S/C16H22N4O/c1-4-10-18-16(17-6-3)19-12-15(21)20-14-9-7-8-13(5-2)11-14/h2,7-9,11H,4,6,10,12H2,1,3H3,(H,20,21)(H2,17,18,19). The van der Waals surface area contributed by atoms with Gasteiger partial charge in [-0.05, 0) is 31.5 Å². The summed E-state index contributed by atoms with van der Waals surface area (Å²) in [5.41, 5.74) is 1.41. The fourth-order valence-corrected chi connectivity index (χ4v) is 1.62. The first-order chi connectivity index (χ1) is 10.2. The minimum Gasteiger partial charge on any atom is -0.357 e. The fourth-order valence-electron chi connectivity index (χ4n) is 1.62. The topological polar surface area (TPSA) is 65.5 Å². The van der Waals surface area contributed by atoms with E-state index in [1.165, 1.54) is 0 Å². The predicted octanol–water partition coefficient (Wildman–Crippen LogP) is 1.57. The highest BCUT2D eigenvalue weighted by Gasteiger charge is 2.03. The number of nitrogens with one attached hydrogen (secondary N) is 3. The van der Waals surface area contributed by atoms with Crippen molar-refractivity contribution in [2.24, 2.45) is 4.99 Å². The summed E-state index contributed by atoms with van der Waals surface area (Å²) in [6.45, 7) is 5.68. The van der Waals surface area contributed by atoms with E-state index in [0.29, 0.717) is 11.6 Å². The van der Waals surface area contributed by atoms with E-state index in [4.69, 9.17) is 6.42 Å². The van der Waals surface area contributed by atoms with Gasteiger partial charge in [0, 0.05) is 24.3 Å². The third-order valence-corrected chi connectivity index (χ3v) is 2.58. The lowest BCUT2D eigenvalue weighted by Crippen LogP contribution is -2.38. The number of rotatable bonds is 6. The van der Waals surface area contributed by atoms with E-state index < -0.39 is 0 Å². The quantitative estimate of drug-likeness (QED) is 0.422. The zero-order valence-corrected chi connectivity index (χ0v) is 12.6. The van der Waals surface area contributed by atoms with Crippen LogP contribution in [0.5, 0.6) is 0 Å². The molecule has 0 aliphatic heterocycles. The Morgan fingerprint density at radius 2 is 2.14 bits per heavy atom. The molecular formula is C16H22N4O. The normalized spacial score (nSPS) is 10.6. The van der Waals surface area contributed by atoms with Gasteiger partial charge in [0.05, 0.1) is 0 Å². The Morgan fingerprint density at radius 1 is 1.33 bits per heavy atom. The number of nitrogens with zero attached hydrogens (tertiary/aromatic N) is 1. The molecule has 0 saturated heterocycles. The first-order valence-electron chi connectivity index (χ1n) is 7.08. The van der Waals surface area contributed by atoms with Crippen LogP contribution < -0.4 is 16.0 Å². The highest BCUT2D eigenvalue weighted by Crippen LogP contribution is 2.09. The molecule has 0 radical (unpaired) electrons. The van der Waals surface area contributed by atoms with Gasteiger partial charge in [0.1, 0.15) is 6.54 Å². The molecule has 5 heteroatoms. The van der Waals surface area contributed by atoms with Crippen molar-refractivity contribution in [3.63, 3.8) is 0 Å². The molecule has 0 aliphatic rings. The molecule has 21 heavy (non-hydrogen) atoms. The van der Waals surface area contributed by atoms with Crippen molar-refractivity contribution in [1.82, 2.24) is 10.6 Å². The van der Waals surface area contributed by atoms with Gasteiger partial charge < -0.3 is 16.0 Å². The van der Waals surface area contributed by atoms with Gasteiger partial charge >= 0.3 is 0 Å². The predicted molar refractivity (Wildman–Crippen MR) is 87.3 cm³/mol. The van der Waals surface area contributed by atoms with Crippen LogP contribution in [0.25, 0.3) is 0 Å². The van der Waals surface area contributed by atoms with Crippen molar-refractivity contribution in [1.29, 1.82) is 0 Å². The van der Waals surface area contributed by atoms with Crippen molar-refractivity contribution >= 4 is 17.6 Å². The molecule has 1 aromatic rings. The number of hydrogen-bond acceptors (Lipinski definition) is 2. The molecule has 1 aromatic carbocycles. The molecular weight excluding hydrogens is 264 g/mol. The van der Waals surface area contributed by atoms with Gasteiger partial charge in [0.15, 0.2) is 5.96 Å². The summed E-state index contributed by atoms with van der Waals surface area (Å²) in [7, 11) is 0. The monoisotopic (exact) mass is 286 g/mol. The number of carbonyl (C=O) groups excluding carboxylic acids is 1. The summed E-state index contributed by atoms with van der Waals surface area (Å²) < 4.78 is 0. The molecule has 1 rings (SSSR count). The lowest BCUT2D eigenvalue weighted by Gasteiger charge is -2.10. The Morgan fingerprint density at radius 3 is 2.81 bits per heavy atom. The Kier molecular flexibility index (Phi) is 7.44. The Balaban J connectivity index is 2.56. The maximum absolute atomic E-state index is 11.9. The van der Waals surface area contributed by atoms with Crippen LogP contribution in [0.2, 0.25) is 0 Å². The van der Waals surface area contributed by atoms with Gasteiger partial charge in [-0.25, -0.2) is 4.99 Å². The van der Waals surface area contributed by atoms with Crippen molar-refractivity contribution in [2.75, 3.05) is 25.0 Å². The van der Waals surface area contributed by atoms with E-state index in [2.05, 4.69) is 33.8 Å². The zero-order chi connectivity index (χ0) is 15.5. The minimum atomic E-state index is -0.183. The highest BCUT2D eigenvalue weighted by atomic mass is 16.1. The van der Waals surface area contributed by atoms with Gasteiger partial charge in [-0.1, -0.05) is 18.9 Å². The van der Waals surface area contributed by atoms with Gasteiger partial charge in [0.25, 0.3) is 0 Å². The van der Waals surface area contributed by atoms with Crippen LogP contribution in [0.3, 0.4) is 0 Å². The molecule has 0 fully saturated rings. The lowest BCUT2D eigenvalue weighted by molar-refractivity contribution is -0.114.